The number of alkyl halides is 4. The molecule has 0 amide bonds. The van der Waals surface area contributed by atoms with Crippen LogP contribution in [0.25, 0.3) is 0 Å². The maximum Gasteiger partial charge on any atom is 0.402 e. The van der Waals surface area contributed by atoms with Crippen LogP contribution in [0.5, 0.6) is 0 Å². The van der Waals surface area contributed by atoms with E-state index in [4.69, 9.17) is 11.6 Å². The number of nitrogens with zero attached hydrogens (tertiary/aromatic N) is 1. The molecule has 0 aliphatic rings. The highest BCUT2D eigenvalue weighted by Gasteiger charge is 2.37. The van der Waals surface area contributed by atoms with Crippen molar-refractivity contribution in [2.45, 2.75) is 30.8 Å². The van der Waals surface area contributed by atoms with Gasteiger partial charge in [-0.15, -0.1) is 11.6 Å². The van der Waals surface area contributed by atoms with Crippen LogP contribution >= 0.6 is 27.5 Å². The molecule has 1 aromatic carbocycles. The van der Waals surface area contributed by atoms with E-state index in [1.165, 1.54) is 19.9 Å². The molecule has 0 aliphatic carbocycles. The molecule has 0 radical (unpaired) electrons. The summed E-state index contributed by atoms with van der Waals surface area (Å²) in [4.78, 5) is -0.168. The predicted octanol–water partition coefficient (Wildman–Crippen LogP) is 4.07. The summed E-state index contributed by atoms with van der Waals surface area (Å²) in [5.74, 6) is 0.0623. The van der Waals surface area contributed by atoms with Crippen LogP contribution in [0, 0.1) is 6.92 Å². The fourth-order valence-corrected chi connectivity index (χ4v) is 4.28. The van der Waals surface area contributed by atoms with E-state index in [-0.39, 0.29) is 17.3 Å². The topological polar surface area (TPSA) is 37.4 Å². The molecule has 1 rings (SSSR count). The second kappa shape index (κ2) is 6.85. The van der Waals surface area contributed by atoms with Crippen molar-refractivity contribution in [3.8, 4) is 0 Å². The summed E-state index contributed by atoms with van der Waals surface area (Å²) in [7, 11) is -4.25. The molecule has 0 atom stereocenters. The molecule has 120 valence electrons. The Kier molecular flexibility index (Phi) is 6.11. The zero-order valence-corrected chi connectivity index (χ0v) is 14.5. The summed E-state index contributed by atoms with van der Waals surface area (Å²) < 4.78 is 63.4. The Balaban J connectivity index is 3.38. The number of benzene rings is 1. The van der Waals surface area contributed by atoms with Crippen LogP contribution in [0.15, 0.2) is 21.5 Å². The molecule has 0 aliphatic heterocycles. The Labute approximate surface area is 135 Å². The summed E-state index contributed by atoms with van der Waals surface area (Å²) in [6, 6.07) is 2.95. The Morgan fingerprint density at radius 1 is 1.33 bits per heavy atom. The van der Waals surface area contributed by atoms with Crippen LogP contribution < -0.4 is 0 Å². The number of sulfonamides is 1. The van der Waals surface area contributed by atoms with Gasteiger partial charge >= 0.3 is 6.18 Å². The third-order valence-corrected chi connectivity index (χ3v) is 6.02. The van der Waals surface area contributed by atoms with E-state index in [1.54, 1.807) is 6.07 Å². The average Bonchev–Trinajstić information content (AvgIpc) is 2.37. The summed E-state index contributed by atoms with van der Waals surface area (Å²) in [6.45, 7) is 1.09. The smallest absolute Gasteiger partial charge is 0.207 e. The molecule has 0 spiro atoms. The van der Waals surface area contributed by atoms with Gasteiger partial charge in [0.05, 0.1) is 4.90 Å². The fraction of sp³-hybridized carbons (Fsp3) is 0.500. The van der Waals surface area contributed by atoms with E-state index < -0.39 is 22.7 Å². The number of hydrogen-bond donors (Lipinski definition) is 0. The van der Waals surface area contributed by atoms with Crippen LogP contribution in [0.1, 0.15) is 18.1 Å². The van der Waals surface area contributed by atoms with Crippen molar-refractivity contribution >= 4 is 37.6 Å². The molecule has 21 heavy (non-hydrogen) atoms. The van der Waals surface area contributed by atoms with Gasteiger partial charge in [-0.1, -0.05) is 22.9 Å². The monoisotopic (exact) mass is 407 g/mol. The largest absolute Gasteiger partial charge is 0.402 e. The van der Waals surface area contributed by atoms with Crippen molar-refractivity contribution in [2.24, 2.45) is 0 Å². The van der Waals surface area contributed by atoms with Gasteiger partial charge in [-0.2, -0.15) is 17.5 Å². The fourth-order valence-electron chi connectivity index (χ4n) is 1.76. The van der Waals surface area contributed by atoms with Crippen LogP contribution in [0.4, 0.5) is 13.2 Å². The predicted molar refractivity (Wildman–Crippen MR) is 78.9 cm³/mol. The first-order chi connectivity index (χ1) is 9.52. The van der Waals surface area contributed by atoms with Crippen molar-refractivity contribution in [3.05, 3.63) is 27.7 Å². The lowest BCUT2D eigenvalue weighted by molar-refractivity contribution is -0.135. The minimum atomic E-state index is -4.60. The second-order valence-corrected chi connectivity index (χ2v) is 7.41. The minimum absolute atomic E-state index is 0.0623. The highest BCUT2D eigenvalue weighted by Crippen LogP contribution is 2.30. The molecule has 0 unspecified atom stereocenters. The van der Waals surface area contributed by atoms with Gasteiger partial charge in [0.1, 0.15) is 6.54 Å². The van der Waals surface area contributed by atoms with Gasteiger partial charge in [0, 0.05) is 16.9 Å². The maximum atomic E-state index is 12.5. The lowest BCUT2D eigenvalue weighted by atomic mass is 10.2. The normalized spacial score (nSPS) is 13.0. The van der Waals surface area contributed by atoms with Crippen molar-refractivity contribution in [1.29, 1.82) is 0 Å². The first-order valence-electron chi connectivity index (χ1n) is 5.94. The van der Waals surface area contributed by atoms with Gasteiger partial charge in [0.2, 0.25) is 10.0 Å². The maximum absolute atomic E-state index is 12.5. The molecule has 0 bridgehead atoms. The molecule has 0 fully saturated rings. The SMILES string of the molecule is CCN(CC(F)(F)F)S(=O)(=O)c1cc(CCl)cc(Br)c1C. The molecule has 0 aromatic heterocycles. The summed E-state index contributed by atoms with van der Waals surface area (Å²) in [5.41, 5.74) is 0.861. The molecule has 1 aromatic rings. The van der Waals surface area contributed by atoms with Gasteiger partial charge in [-0.25, -0.2) is 8.42 Å². The van der Waals surface area contributed by atoms with E-state index in [1.807, 2.05) is 0 Å². The van der Waals surface area contributed by atoms with Crippen LogP contribution in [0.3, 0.4) is 0 Å². The van der Waals surface area contributed by atoms with Crippen LogP contribution in [-0.4, -0.2) is 32.0 Å². The first-order valence-corrected chi connectivity index (χ1v) is 8.71. The molecule has 9 heteroatoms. The van der Waals surface area contributed by atoms with Gasteiger partial charge in [0.25, 0.3) is 0 Å². The Morgan fingerprint density at radius 3 is 2.33 bits per heavy atom. The summed E-state index contributed by atoms with van der Waals surface area (Å²) >= 11 is 8.88. The summed E-state index contributed by atoms with van der Waals surface area (Å²) in [6.07, 6.45) is -4.60. The zero-order chi connectivity index (χ0) is 16.4. The molecule has 0 saturated carbocycles. The van der Waals surface area contributed by atoms with E-state index in [0.29, 0.717) is 19.9 Å². The van der Waals surface area contributed by atoms with Gasteiger partial charge in [-0.05, 0) is 30.2 Å². The van der Waals surface area contributed by atoms with E-state index >= 15 is 0 Å². The van der Waals surface area contributed by atoms with Crippen LogP contribution in [0.2, 0.25) is 0 Å². The van der Waals surface area contributed by atoms with Gasteiger partial charge in [-0.3, -0.25) is 0 Å². The van der Waals surface area contributed by atoms with E-state index in [2.05, 4.69) is 15.9 Å². The highest BCUT2D eigenvalue weighted by atomic mass is 79.9. The van der Waals surface area contributed by atoms with E-state index in [0.717, 1.165) is 0 Å². The Bertz CT molecular complexity index is 620. The molecular weight excluding hydrogens is 395 g/mol. The quantitative estimate of drug-likeness (QED) is 0.689. The number of hydrogen-bond acceptors (Lipinski definition) is 2. The average molecular weight is 409 g/mol. The van der Waals surface area contributed by atoms with Gasteiger partial charge < -0.3 is 0 Å². The second-order valence-electron chi connectivity index (χ2n) is 4.38. The van der Waals surface area contributed by atoms with Crippen LogP contribution in [-0.2, 0) is 15.9 Å². The van der Waals surface area contributed by atoms with Gasteiger partial charge in [0.15, 0.2) is 0 Å². The molecular formula is C12H14BrClF3NO2S. The Morgan fingerprint density at radius 2 is 1.90 bits per heavy atom. The molecule has 3 nitrogen and oxygen atoms in total. The van der Waals surface area contributed by atoms with Crippen molar-refractivity contribution in [2.75, 3.05) is 13.1 Å². The van der Waals surface area contributed by atoms with Crippen molar-refractivity contribution < 1.29 is 21.6 Å². The number of halogens is 5. The lowest BCUT2D eigenvalue weighted by Gasteiger charge is -2.23. The number of rotatable bonds is 5. The van der Waals surface area contributed by atoms with Crippen molar-refractivity contribution in [1.82, 2.24) is 4.31 Å². The highest BCUT2D eigenvalue weighted by molar-refractivity contribution is 9.10. The third-order valence-electron chi connectivity index (χ3n) is 2.84. The third kappa shape index (κ3) is 4.58. The first kappa shape index (κ1) is 18.7. The standard InChI is InChI=1S/C12H14BrClF3NO2S/c1-3-18(7-12(15,16)17)21(19,20)11-5-9(6-14)4-10(13)8(11)2/h4-5H,3,6-7H2,1-2H3. The zero-order valence-electron chi connectivity index (χ0n) is 11.3. The van der Waals surface area contributed by atoms with E-state index in [9.17, 15) is 21.6 Å². The minimum Gasteiger partial charge on any atom is -0.207 e. The molecule has 0 heterocycles. The Hall–Kier alpha value is -0.310. The van der Waals surface area contributed by atoms with Crippen molar-refractivity contribution in [3.63, 3.8) is 0 Å². The molecule has 0 saturated heterocycles. The summed E-state index contributed by atoms with van der Waals surface area (Å²) in [5, 5.41) is 0. The molecule has 0 N–H and O–H groups in total. The lowest BCUT2D eigenvalue weighted by Crippen LogP contribution is -2.39.